The Morgan fingerprint density at radius 3 is 2.57 bits per heavy atom. The van der Waals surface area contributed by atoms with E-state index in [1.807, 2.05) is 0 Å². The summed E-state index contributed by atoms with van der Waals surface area (Å²) in [5.74, 6) is 0. The molecule has 0 aromatic carbocycles. The van der Waals surface area contributed by atoms with E-state index in [1.54, 1.807) is 11.3 Å². The van der Waals surface area contributed by atoms with E-state index in [0.29, 0.717) is 4.83 Å². The summed E-state index contributed by atoms with van der Waals surface area (Å²) in [6.07, 6.45) is 4.89. The van der Waals surface area contributed by atoms with Gasteiger partial charge >= 0.3 is 0 Å². The molecule has 0 fully saturated rings. The molecule has 0 nitrogen and oxygen atoms in total. The highest BCUT2D eigenvalue weighted by Crippen LogP contribution is 2.33. The van der Waals surface area contributed by atoms with Crippen molar-refractivity contribution in [1.82, 2.24) is 0 Å². The normalized spacial score (nSPS) is 13.1. The largest absolute Gasteiger partial charge is 0.121 e. The highest BCUT2D eigenvalue weighted by molar-refractivity contribution is 9.12. The lowest BCUT2D eigenvalue weighted by Gasteiger charge is -2.06. The number of thiophene rings is 1. The van der Waals surface area contributed by atoms with E-state index in [0.717, 1.165) is 6.42 Å². The van der Waals surface area contributed by atoms with Crippen molar-refractivity contribution in [3.05, 3.63) is 19.2 Å². The molecule has 0 saturated heterocycles. The van der Waals surface area contributed by atoms with Crippen molar-refractivity contribution >= 4 is 59.1 Å². The Labute approximate surface area is 115 Å². The molecule has 0 radical (unpaired) electrons. The van der Waals surface area contributed by atoms with Crippen LogP contribution in [0.2, 0.25) is 0 Å². The minimum atomic E-state index is 0.665. The fourth-order valence-electron chi connectivity index (χ4n) is 1.31. The van der Waals surface area contributed by atoms with Crippen LogP contribution in [-0.2, 0) is 6.42 Å². The molecule has 0 aliphatic heterocycles. The second-order valence-corrected chi connectivity index (χ2v) is 8.32. The van der Waals surface area contributed by atoms with E-state index in [4.69, 9.17) is 0 Å². The third-order valence-corrected chi connectivity index (χ3v) is 5.44. The topological polar surface area (TPSA) is 0 Å². The average molecular weight is 405 g/mol. The monoisotopic (exact) mass is 402 g/mol. The summed E-state index contributed by atoms with van der Waals surface area (Å²) in [4.78, 5) is 0.665. The maximum absolute atomic E-state index is 3.70. The van der Waals surface area contributed by atoms with Crippen LogP contribution in [0.4, 0.5) is 0 Å². The Morgan fingerprint density at radius 2 is 2.07 bits per heavy atom. The Bertz CT molecular complexity index is 283. The SMILES string of the molecule is CCCC(Br)CCc1cc(Br)sc1Br. The van der Waals surface area contributed by atoms with Crippen LogP contribution in [0.5, 0.6) is 0 Å². The predicted octanol–water partition coefficient (Wildman–Crippen LogP) is 5.77. The van der Waals surface area contributed by atoms with Crippen molar-refractivity contribution in [2.45, 2.75) is 37.4 Å². The van der Waals surface area contributed by atoms with E-state index in [-0.39, 0.29) is 0 Å². The van der Waals surface area contributed by atoms with Crippen molar-refractivity contribution in [1.29, 1.82) is 0 Å². The van der Waals surface area contributed by atoms with Gasteiger partial charge < -0.3 is 0 Å². The summed E-state index contributed by atoms with van der Waals surface area (Å²) >= 11 is 12.5. The number of hydrogen-bond acceptors (Lipinski definition) is 1. The van der Waals surface area contributed by atoms with E-state index in [9.17, 15) is 0 Å². The molecule has 1 rings (SSSR count). The van der Waals surface area contributed by atoms with Crippen molar-refractivity contribution in [2.24, 2.45) is 0 Å². The molecule has 0 aliphatic rings. The van der Waals surface area contributed by atoms with Crippen LogP contribution in [0.1, 0.15) is 31.7 Å². The van der Waals surface area contributed by atoms with Crippen LogP contribution in [0.3, 0.4) is 0 Å². The second-order valence-electron chi connectivity index (χ2n) is 3.27. The van der Waals surface area contributed by atoms with Gasteiger partial charge in [-0.15, -0.1) is 11.3 Å². The van der Waals surface area contributed by atoms with Gasteiger partial charge in [0.05, 0.1) is 7.57 Å². The molecule has 80 valence electrons. The van der Waals surface area contributed by atoms with E-state index < -0.39 is 0 Å². The Balaban J connectivity index is 2.41. The van der Waals surface area contributed by atoms with Gasteiger partial charge in [0.2, 0.25) is 0 Å². The molecule has 1 aromatic rings. The number of aryl methyl sites for hydroxylation is 1. The highest BCUT2D eigenvalue weighted by Gasteiger charge is 2.08. The van der Waals surface area contributed by atoms with Crippen molar-refractivity contribution < 1.29 is 0 Å². The molecule has 14 heavy (non-hydrogen) atoms. The van der Waals surface area contributed by atoms with Gasteiger partial charge in [-0.05, 0) is 62.8 Å². The van der Waals surface area contributed by atoms with E-state index in [2.05, 4.69) is 60.8 Å². The average Bonchev–Trinajstić information content (AvgIpc) is 2.42. The van der Waals surface area contributed by atoms with Gasteiger partial charge in [0.25, 0.3) is 0 Å². The fraction of sp³-hybridized carbons (Fsp3) is 0.600. The lowest BCUT2D eigenvalue weighted by atomic mass is 10.1. The lowest BCUT2D eigenvalue weighted by Crippen LogP contribution is -1.98. The van der Waals surface area contributed by atoms with Gasteiger partial charge in [-0.1, -0.05) is 29.3 Å². The van der Waals surface area contributed by atoms with Gasteiger partial charge in [0.15, 0.2) is 0 Å². The summed E-state index contributed by atoms with van der Waals surface area (Å²) in [6.45, 7) is 2.23. The molecule has 4 heteroatoms. The fourth-order valence-corrected chi connectivity index (χ4v) is 4.92. The van der Waals surface area contributed by atoms with Gasteiger partial charge in [-0.3, -0.25) is 0 Å². The zero-order valence-corrected chi connectivity index (χ0v) is 13.6. The molecule has 0 N–H and O–H groups in total. The molecule has 1 aromatic heterocycles. The Kier molecular flexibility index (Phi) is 6.29. The summed E-state index contributed by atoms with van der Waals surface area (Å²) in [5.41, 5.74) is 1.42. The number of hydrogen-bond donors (Lipinski definition) is 0. The molecule has 1 atom stereocenters. The van der Waals surface area contributed by atoms with E-state index in [1.165, 1.54) is 32.4 Å². The predicted molar refractivity (Wildman–Crippen MR) is 75.7 cm³/mol. The number of halogens is 3. The third-order valence-electron chi connectivity index (χ3n) is 2.06. The summed E-state index contributed by atoms with van der Waals surface area (Å²) in [7, 11) is 0. The zero-order chi connectivity index (χ0) is 10.6. The van der Waals surface area contributed by atoms with Crippen LogP contribution >= 0.6 is 59.1 Å². The maximum atomic E-state index is 3.70. The first-order valence-electron chi connectivity index (χ1n) is 4.71. The minimum Gasteiger partial charge on any atom is -0.121 e. The first kappa shape index (κ1) is 13.2. The lowest BCUT2D eigenvalue weighted by molar-refractivity contribution is 0.693. The standard InChI is InChI=1S/C10H13Br3S/c1-2-3-8(11)5-4-7-6-9(12)14-10(7)13/h6,8H,2-5H2,1H3. The van der Waals surface area contributed by atoms with Gasteiger partial charge in [-0.25, -0.2) is 0 Å². The van der Waals surface area contributed by atoms with Crippen molar-refractivity contribution in [3.63, 3.8) is 0 Å². The zero-order valence-electron chi connectivity index (χ0n) is 8.03. The molecule has 0 saturated carbocycles. The van der Waals surface area contributed by atoms with Crippen LogP contribution in [-0.4, -0.2) is 4.83 Å². The van der Waals surface area contributed by atoms with Gasteiger partial charge in [0, 0.05) is 4.83 Å². The molecule has 0 spiro atoms. The van der Waals surface area contributed by atoms with E-state index >= 15 is 0 Å². The smallest absolute Gasteiger partial charge is 0.0742 e. The minimum absolute atomic E-state index is 0.665. The Morgan fingerprint density at radius 1 is 1.36 bits per heavy atom. The second kappa shape index (κ2) is 6.66. The molecular weight excluding hydrogens is 392 g/mol. The molecular formula is C10H13Br3S. The molecule has 1 heterocycles. The van der Waals surface area contributed by atoms with Gasteiger partial charge in [0.1, 0.15) is 0 Å². The van der Waals surface area contributed by atoms with Crippen molar-refractivity contribution in [2.75, 3.05) is 0 Å². The first-order valence-corrected chi connectivity index (χ1v) is 8.03. The summed E-state index contributed by atoms with van der Waals surface area (Å²) in [6, 6.07) is 2.21. The Hall–Kier alpha value is 1.14. The third kappa shape index (κ3) is 4.33. The summed E-state index contributed by atoms with van der Waals surface area (Å²) in [5, 5.41) is 0. The van der Waals surface area contributed by atoms with Crippen LogP contribution in [0, 0.1) is 0 Å². The molecule has 0 amide bonds. The molecule has 1 unspecified atom stereocenters. The van der Waals surface area contributed by atoms with Gasteiger partial charge in [-0.2, -0.15) is 0 Å². The maximum Gasteiger partial charge on any atom is 0.0742 e. The van der Waals surface area contributed by atoms with Crippen LogP contribution < -0.4 is 0 Å². The quantitative estimate of drug-likeness (QED) is 0.546. The first-order chi connectivity index (χ1) is 6.63. The van der Waals surface area contributed by atoms with Crippen LogP contribution in [0.25, 0.3) is 0 Å². The highest BCUT2D eigenvalue weighted by atomic mass is 79.9. The van der Waals surface area contributed by atoms with Crippen LogP contribution in [0.15, 0.2) is 13.6 Å². The molecule has 0 bridgehead atoms. The summed E-state index contributed by atoms with van der Waals surface area (Å²) < 4.78 is 2.47. The number of alkyl halides is 1. The van der Waals surface area contributed by atoms with Crippen molar-refractivity contribution in [3.8, 4) is 0 Å². The number of rotatable bonds is 5. The molecule has 0 aliphatic carbocycles.